The Morgan fingerprint density at radius 2 is 1.64 bits per heavy atom. The van der Waals surface area contributed by atoms with Crippen molar-refractivity contribution in [3.8, 4) is 11.5 Å². The summed E-state index contributed by atoms with van der Waals surface area (Å²) in [4.78, 5) is 0. The minimum absolute atomic E-state index is 0.288. The second kappa shape index (κ2) is 4.32. The third kappa shape index (κ3) is 3.66. The molecule has 0 aliphatic heterocycles. The van der Waals surface area contributed by atoms with Crippen LogP contribution in [0.15, 0.2) is 24.3 Å². The molecule has 1 rings (SSSR count). The maximum absolute atomic E-state index is 10.8. The van der Waals surface area contributed by atoms with E-state index in [1.807, 2.05) is 6.92 Å². The summed E-state index contributed by atoms with van der Waals surface area (Å²) in [5.41, 5.74) is 0. The van der Waals surface area contributed by atoms with Crippen molar-refractivity contribution in [2.45, 2.75) is 6.92 Å². The Morgan fingerprint density at radius 3 is 2.07 bits per heavy atom. The van der Waals surface area contributed by atoms with Crippen LogP contribution < -0.4 is 8.92 Å². The van der Waals surface area contributed by atoms with Crippen molar-refractivity contribution in [3.05, 3.63) is 24.3 Å². The Hall–Kier alpha value is -1.23. The van der Waals surface area contributed by atoms with Gasteiger partial charge in [-0.05, 0) is 31.2 Å². The zero-order chi connectivity index (χ0) is 10.6. The summed E-state index contributed by atoms with van der Waals surface area (Å²) in [6.45, 7) is 2.45. The van der Waals surface area contributed by atoms with E-state index in [1.165, 1.54) is 0 Å². The van der Waals surface area contributed by atoms with Crippen molar-refractivity contribution >= 4 is 10.1 Å². The van der Waals surface area contributed by atoms with Crippen LogP contribution in [-0.4, -0.2) is 21.3 Å². The molecule has 0 saturated carbocycles. The SMILES string of the molecule is CCOc1ccc(OS(C)(=O)=O)cc1. The fraction of sp³-hybridized carbons (Fsp3) is 0.333. The highest BCUT2D eigenvalue weighted by Gasteiger charge is 2.03. The molecule has 0 heterocycles. The monoisotopic (exact) mass is 216 g/mol. The Labute approximate surface area is 83.6 Å². The summed E-state index contributed by atoms with van der Waals surface area (Å²) in [6.07, 6.45) is 1.00. The zero-order valence-corrected chi connectivity index (χ0v) is 8.87. The van der Waals surface area contributed by atoms with Gasteiger partial charge in [0.05, 0.1) is 12.9 Å². The van der Waals surface area contributed by atoms with Crippen molar-refractivity contribution in [2.24, 2.45) is 0 Å². The van der Waals surface area contributed by atoms with E-state index in [0.717, 1.165) is 6.26 Å². The van der Waals surface area contributed by atoms with Gasteiger partial charge >= 0.3 is 10.1 Å². The smallest absolute Gasteiger partial charge is 0.306 e. The molecule has 14 heavy (non-hydrogen) atoms. The van der Waals surface area contributed by atoms with E-state index >= 15 is 0 Å². The highest BCUT2D eigenvalue weighted by Crippen LogP contribution is 2.18. The van der Waals surface area contributed by atoms with Gasteiger partial charge < -0.3 is 8.92 Å². The van der Waals surface area contributed by atoms with Gasteiger partial charge in [0, 0.05) is 0 Å². The van der Waals surface area contributed by atoms with E-state index in [9.17, 15) is 8.42 Å². The lowest BCUT2D eigenvalue weighted by molar-refractivity contribution is 0.340. The number of ether oxygens (including phenoxy) is 1. The molecule has 0 radical (unpaired) electrons. The Balaban J connectivity index is 2.74. The van der Waals surface area contributed by atoms with Gasteiger partial charge in [-0.2, -0.15) is 8.42 Å². The first-order valence-electron chi connectivity index (χ1n) is 4.13. The fourth-order valence-corrected chi connectivity index (χ4v) is 1.39. The van der Waals surface area contributed by atoms with Crippen LogP contribution in [0.2, 0.25) is 0 Å². The average molecular weight is 216 g/mol. The van der Waals surface area contributed by atoms with Crippen LogP contribution in [-0.2, 0) is 10.1 Å². The van der Waals surface area contributed by atoms with Crippen molar-refractivity contribution in [1.29, 1.82) is 0 Å². The number of hydrogen-bond acceptors (Lipinski definition) is 4. The molecule has 0 aliphatic carbocycles. The van der Waals surface area contributed by atoms with Crippen molar-refractivity contribution in [1.82, 2.24) is 0 Å². The molecule has 1 aromatic carbocycles. The minimum Gasteiger partial charge on any atom is -0.494 e. The van der Waals surface area contributed by atoms with E-state index in [4.69, 9.17) is 4.74 Å². The Kier molecular flexibility index (Phi) is 3.35. The second-order valence-corrected chi connectivity index (χ2v) is 4.27. The average Bonchev–Trinajstić information content (AvgIpc) is 2.06. The summed E-state index contributed by atoms with van der Waals surface area (Å²) in [5.74, 6) is 0.976. The van der Waals surface area contributed by atoms with Crippen LogP contribution in [0, 0.1) is 0 Å². The van der Waals surface area contributed by atoms with Crippen molar-refractivity contribution in [2.75, 3.05) is 12.9 Å². The number of benzene rings is 1. The molecule has 0 N–H and O–H groups in total. The van der Waals surface area contributed by atoms with Gasteiger partial charge in [-0.3, -0.25) is 0 Å². The lowest BCUT2D eigenvalue weighted by Crippen LogP contribution is -2.05. The molecular formula is C9H12O4S. The second-order valence-electron chi connectivity index (χ2n) is 2.69. The van der Waals surface area contributed by atoms with E-state index < -0.39 is 10.1 Å². The first-order valence-corrected chi connectivity index (χ1v) is 5.95. The maximum Gasteiger partial charge on any atom is 0.306 e. The van der Waals surface area contributed by atoms with Gasteiger partial charge in [0.1, 0.15) is 11.5 Å². The van der Waals surface area contributed by atoms with Crippen molar-refractivity contribution < 1.29 is 17.3 Å². The molecule has 0 amide bonds. The predicted octanol–water partition coefficient (Wildman–Crippen LogP) is 1.42. The molecule has 0 atom stereocenters. The lowest BCUT2D eigenvalue weighted by Gasteiger charge is -2.04. The van der Waals surface area contributed by atoms with Gasteiger partial charge in [-0.1, -0.05) is 0 Å². The molecule has 0 unspecified atom stereocenters. The number of hydrogen-bond donors (Lipinski definition) is 0. The van der Waals surface area contributed by atoms with Gasteiger partial charge in [-0.15, -0.1) is 0 Å². The molecule has 0 aromatic heterocycles. The van der Waals surface area contributed by atoms with Crippen molar-refractivity contribution in [3.63, 3.8) is 0 Å². The predicted molar refractivity (Wildman–Crippen MR) is 53.1 cm³/mol. The summed E-state index contributed by atoms with van der Waals surface area (Å²) in [7, 11) is -3.44. The normalized spacial score (nSPS) is 11.0. The topological polar surface area (TPSA) is 52.6 Å². The summed E-state index contributed by atoms with van der Waals surface area (Å²) >= 11 is 0. The van der Waals surface area contributed by atoms with E-state index in [-0.39, 0.29) is 5.75 Å². The Morgan fingerprint density at radius 1 is 1.14 bits per heavy atom. The standard InChI is InChI=1S/C9H12O4S/c1-3-12-8-4-6-9(7-5-8)13-14(2,10)11/h4-7H,3H2,1-2H3. The van der Waals surface area contributed by atoms with Crippen LogP contribution in [0.1, 0.15) is 6.92 Å². The molecule has 0 fully saturated rings. The highest BCUT2D eigenvalue weighted by molar-refractivity contribution is 7.86. The third-order valence-corrected chi connectivity index (χ3v) is 1.88. The van der Waals surface area contributed by atoms with E-state index in [2.05, 4.69) is 4.18 Å². The molecular weight excluding hydrogens is 204 g/mol. The van der Waals surface area contributed by atoms with Crippen LogP contribution in [0.5, 0.6) is 11.5 Å². The maximum atomic E-state index is 10.8. The molecule has 0 bridgehead atoms. The third-order valence-electron chi connectivity index (χ3n) is 1.38. The largest absolute Gasteiger partial charge is 0.494 e. The number of rotatable bonds is 4. The highest BCUT2D eigenvalue weighted by atomic mass is 32.2. The minimum atomic E-state index is -3.44. The van der Waals surface area contributed by atoms with E-state index in [1.54, 1.807) is 24.3 Å². The summed E-state index contributed by atoms with van der Waals surface area (Å²) in [5, 5.41) is 0. The molecule has 4 nitrogen and oxygen atoms in total. The zero-order valence-electron chi connectivity index (χ0n) is 8.06. The van der Waals surface area contributed by atoms with E-state index in [0.29, 0.717) is 12.4 Å². The molecule has 78 valence electrons. The molecule has 5 heteroatoms. The quantitative estimate of drug-likeness (QED) is 0.714. The van der Waals surface area contributed by atoms with Crippen LogP contribution in [0.3, 0.4) is 0 Å². The first-order chi connectivity index (χ1) is 6.51. The van der Waals surface area contributed by atoms with Gasteiger partial charge in [0.2, 0.25) is 0 Å². The van der Waals surface area contributed by atoms with Gasteiger partial charge in [0.25, 0.3) is 0 Å². The fourth-order valence-electron chi connectivity index (χ4n) is 0.933. The molecule has 0 aliphatic rings. The Bertz CT molecular complexity index is 380. The lowest BCUT2D eigenvalue weighted by atomic mass is 10.3. The molecule has 0 saturated heterocycles. The van der Waals surface area contributed by atoms with Crippen LogP contribution in [0.4, 0.5) is 0 Å². The van der Waals surface area contributed by atoms with Crippen LogP contribution >= 0.6 is 0 Å². The summed E-state index contributed by atoms with van der Waals surface area (Å²) in [6, 6.07) is 6.41. The first kappa shape index (κ1) is 10.8. The molecule has 0 spiro atoms. The summed E-state index contributed by atoms with van der Waals surface area (Å²) < 4.78 is 31.4. The van der Waals surface area contributed by atoms with Crippen LogP contribution in [0.25, 0.3) is 0 Å². The van der Waals surface area contributed by atoms with Gasteiger partial charge in [-0.25, -0.2) is 0 Å². The molecule has 1 aromatic rings. The van der Waals surface area contributed by atoms with Gasteiger partial charge in [0.15, 0.2) is 0 Å².